The first-order chi connectivity index (χ1) is 12.8. The van der Waals surface area contributed by atoms with Crippen LogP contribution in [0.1, 0.15) is 33.7 Å². The second-order valence-electron chi connectivity index (χ2n) is 5.64. The Hall–Kier alpha value is -2.49. The minimum Gasteiger partial charge on any atom is -0.476 e. The Morgan fingerprint density at radius 1 is 1.19 bits per heavy atom. The summed E-state index contributed by atoms with van der Waals surface area (Å²) in [6, 6.07) is 5.07. The van der Waals surface area contributed by atoms with Crippen molar-refractivity contribution in [3.8, 4) is 5.75 Å². The van der Waals surface area contributed by atoms with E-state index in [1.165, 1.54) is 30.7 Å². The van der Waals surface area contributed by atoms with Crippen LogP contribution in [0.15, 0.2) is 41.7 Å². The summed E-state index contributed by atoms with van der Waals surface area (Å²) in [5.41, 5.74) is 0.261. The quantitative estimate of drug-likeness (QED) is 0.539. The van der Waals surface area contributed by atoms with E-state index in [9.17, 15) is 27.2 Å². The van der Waals surface area contributed by atoms with E-state index in [1.54, 1.807) is 0 Å². The molecule has 5 nitrogen and oxygen atoms in total. The number of carbonyl (C=O) groups is 2. The normalized spacial score (nSPS) is 17.9. The molecule has 1 aliphatic heterocycles. The summed E-state index contributed by atoms with van der Waals surface area (Å²) in [6.07, 6.45) is -3.56. The minimum atomic E-state index is -3.83. The number of halogens is 4. The third-order valence-corrected chi connectivity index (χ3v) is 4.82. The maximum atomic E-state index is 13.8. The maximum absolute atomic E-state index is 13.8. The van der Waals surface area contributed by atoms with Gasteiger partial charge in [0, 0.05) is 24.6 Å². The molecule has 0 radical (unpaired) electrons. The Morgan fingerprint density at radius 3 is 2.59 bits per heavy atom. The fraction of sp³-hybridized carbons (Fsp3) is 0.294. The summed E-state index contributed by atoms with van der Waals surface area (Å²) < 4.78 is 57.7. The third-order valence-electron chi connectivity index (χ3n) is 3.77. The van der Waals surface area contributed by atoms with Crippen molar-refractivity contribution in [3.63, 3.8) is 0 Å². The molecule has 10 heteroatoms. The lowest BCUT2D eigenvalue weighted by Gasteiger charge is -2.32. The molecule has 0 saturated heterocycles. The SMILES string of the molecule is O=C(CCC(=O)c1ccncn1)c1ccc2c(c1)SC(F)(F)C(C(F)F)O2. The van der Waals surface area contributed by atoms with Crippen molar-refractivity contribution in [2.75, 3.05) is 0 Å². The third kappa shape index (κ3) is 4.26. The van der Waals surface area contributed by atoms with Crippen LogP contribution in [-0.4, -0.2) is 39.3 Å². The first-order valence-corrected chi connectivity index (χ1v) is 8.57. The number of alkyl halides is 4. The molecule has 1 aromatic carbocycles. The molecule has 2 heterocycles. The van der Waals surface area contributed by atoms with Gasteiger partial charge in [-0.1, -0.05) is 0 Å². The summed E-state index contributed by atoms with van der Waals surface area (Å²) in [5.74, 6) is -0.933. The van der Waals surface area contributed by atoms with Crippen LogP contribution < -0.4 is 4.74 Å². The monoisotopic (exact) mass is 400 g/mol. The number of hydrogen-bond acceptors (Lipinski definition) is 6. The first kappa shape index (κ1) is 19.3. The van der Waals surface area contributed by atoms with Gasteiger partial charge in [-0.25, -0.2) is 18.7 Å². The number of ketones is 2. The van der Waals surface area contributed by atoms with Gasteiger partial charge in [-0.15, -0.1) is 0 Å². The highest BCUT2D eigenvalue weighted by Crippen LogP contribution is 2.50. The van der Waals surface area contributed by atoms with Gasteiger partial charge in [0.1, 0.15) is 17.8 Å². The van der Waals surface area contributed by atoms with Crippen molar-refractivity contribution < 1.29 is 31.9 Å². The molecule has 27 heavy (non-hydrogen) atoms. The van der Waals surface area contributed by atoms with Gasteiger partial charge in [0.15, 0.2) is 11.6 Å². The van der Waals surface area contributed by atoms with Crippen LogP contribution in [0.5, 0.6) is 5.75 Å². The Balaban J connectivity index is 1.70. The molecule has 142 valence electrons. The van der Waals surface area contributed by atoms with Crippen LogP contribution in [0.25, 0.3) is 0 Å². The number of ether oxygens (including phenoxy) is 1. The zero-order chi connectivity index (χ0) is 19.6. The second-order valence-corrected chi connectivity index (χ2v) is 6.83. The zero-order valence-electron chi connectivity index (χ0n) is 13.6. The zero-order valence-corrected chi connectivity index (χ0v) is 14.4. The van der Waals surface area contributed by atoms with E-state index in [0.717, 1.165) is 6.07 Å². The predicted octanol–water partition coefficient (Wildman–Crippen LogP) is 4.03. The van der Waals surface area contributed by atoms with Gasteiger partial charge < -0.3 is 4.74 Å². The van der Waals surface area contributed by atoms with E-state index in [4.69, 9.17) is 4.74 Å². The standard InChI is InChI=1S/C17H12F4N2O3S/c18-16(19)15-17(20,21)27-14-7-9(1-4-13(14)26-15)11(24)2-3-12(25)10-5-6-22-8-23-10/h1,4-8,15-16H,2-3H2. The highest BCUT2D eigenvalue weighted by atomic mass is 32.2. The number of Topliss-reactive ketones (excluding diaryl/α,β-unsaturated/α-hetero) is 2. The van der Waals surface area contributed by atoms with Gasteiger partial charge in [-0.2, -0.15) is 8.78 Å². The van der Waals surface area contributed by atoms with Crippen molar-refractivity contribution in [2.24, 2.45) is 0 Å². The lowest BCUT2D eigenvalue weighted by Crippen LogP contribution is -2.43. The summed E-state index contributed by atoms with van der Waals surface area (Å²) in [6.45, 7) is 0. The maximum Gasteiger partial charge on any atom is 0.340 e. The van der Waals surface area contributed by atoms with Gasteiger partial charge in [0.25, 0.3) is 6.43 Å². The van der Waals surface area contributed by atoms with Gasteiger partial charge >= 0.3 is 5.25 Å². The van der Waals surface area contributed by atoms with Gasteiger partial charge in [-0.3, -0.25) is 9.59 Å². The lowest BCUT2D eigenvalue weighted by molar-refractivity contribution is -0.101. The van der Waals surface area contributed by atoms with E-state index in [2.05, 4.69) is 9.97 Å². The summed E-state index contributed by atoms with van der Waals surface area (Å²) in [7, 11) is 0. The molecule has 0 spiro atoms. The predicted molar refractivity (Wildman–Crippen MR) is 87.6 cm³/mol. The molecule has 0 amide bonds. The topological polar surface area (TPSA) is 69.2 Å². The second kappa shape index (κ2) is 7.63. The minimum absolute atomic E-state index is 0.0710. The highest BCUT2D eigenvalue weighted by Gasteiger charge is 2.52. The number of nitrogens with zero attached hydrogens (tertiary/aromatic N) is 2. The Morgan fingerprint density at radius 2 is 1.93 bits per heavy atom. The fourth-order valence-corrected chi connectivity index (χ4v) is 3.38. The highest BCUT2D eigenvalue weighted by molar-refractivity contribution is 8.00. The molecule has 3 rings (SSSR count). The van der Waals surface area contributed by atoms with Crippen LogP contribution in [0.2, 0.25) is 0 Å². The largest absolute Gasteiger partial charge is 0.476 e. The van der Waals surface area contributed by atoms with Crippen LogP contribution >= 0.6 is 11.8 Å². The number of carbonyl (C=O) groups excluding carboxylic acids is 2. The number of aromatic nitrogens is 2. The Labute approximate surface area is 155 Å². The molecule has 1 aromatic heterocycles. The average molecular weight is 400 g/mol. The van der Waals surface area contributed by atoms with Crippen molar-refractivity contribution in [2.45, 2.75) is 35.5 Å². The first-order valence-electron chi connectivity index (χ1n) is 7.76. The van der Waals surface area contributed by atoms with Crippen molar-refractivity contribution in [3.05, 3.63) is 48.0 Å². The molecule has 0 saturated carbocycles. The van der Waals surface area contributed by atoms with E-state index in [-0.39, 0.29) is 52.3 Å². The molecule has 1 unspecified atom stereocenters. The number of thioether (sulfide) groups is 1. The lowest BCUT2D eigenvalue weighted by atomic mass is 10.0. The molecule has 2 aromatic rings. The van der Waals surface area contributed by atoms with Gasteiger partial charge in [0.2, 0.25) is 6.10 Å². The van der Waals surface area contributed by atoms with Gasteiger partial charge in [-0.05, 0) is 36.0 Å². The molecule has 1 aliphatic rings. The number of benzene rings is 1. The summed E-state index contributed by atoms with van der Waals surface area (Å²) in [5, 5.41) is -3.83. The molecular formula is C17H12F4N2O3S. The molecule has 0 aliphatic carbocycles. The smallest absolute Gasteiger partial charge is 0.340 e. The Kier molecular flexibility index (Phi) is 5.45. The number of rotatable bonds is 6. The molecule has 1 atom stereocenters. The fourth-order valence-electron chi connectivity index (χ4n) is 2.42. The van der Waals surface area contributed by atoms with Gasteiger partial charge in [0.05, 0.1) is 4.90 Å². The van der Waals surface area contributed by atoms with Crippen molar-refractivity contribution in [1.29, 1.82) is 0 Å². The molecule has 0 bridgehead atoms. The van der Waals surface area contributed by atoms with Crippen molar-refractivity contribution >= 4 is 23.3 Å². The van der Waals surface area contributed by atoms with Crippen LogP contribution in [-0.2, 0) is 0 Å². The Bertz CT molecular complexity index is 865. The number of fused-ring (bicyclic) bond motifs is 1. The van der Waals surface area contributed by atoms with E-state index >= 15 is 0 Å². The average Bonchev–Trinajstić information content (AvgIpc) is 2.64. The summed E-state index contributed by atoms with van der Waals surface area (Å²) in [4.78, 5) is 31.6. The van der Waals surface area contributed by atoms with E-state index in [1.807, 2.05) is 0 Å². The van der Waals surface area contributed by atoms with E-state index < -0.39 is 23.6 Å². The summed E-state index contributed by atoms with van der Waals surface area (Å²) >= 11 is -0.0710. The molecule has 0 N–H and O–H groups in total. The van der Waals surface area contributed by atoms with E-state index in [0.29, 0.717) is 0 Å². The van der Waals surface area contributed by atoms with Crippen LogP contribution in [0.4, 0.5) is 17.6 Å². The molecule has 0 fully saturated rings. The molecular weight excluding hydrogens is 388 g/mol. The van der Waals surface area contributed by atoms with Crippen LogP contribution in [0.3, 0.4) is 0 Å². The van der Waals surface area contributed by atoms with Crippen molar-refractivity contribution in [1.82, 2.24) is 9.97 Å². The number of hydrogen-bond donors (Lipinski definition) is 0. The van der Waals surface area contributed by atoms with Crippen LogP contribution in [0, 0.1) is 0 Å².